The number of rotatable bonds is 4. The number of hydrogen-bond acceptors (Lipinski definition) is 0. The zero-order valence-corrected chi connectivity index (χ0v) is 19.8. The fourth-order valence-corrected chi connectivity index (χ4v) is 22.5. The molecule has 0 atom stereocenters. The van der Waals surface area contributed by atoms with Gasteiger partial charge >= 0.3 is 169 Å². The molecule has 0 unspecified atom stereocenters. The van der Waals surface area contributed by atoms with Crippen molar-refractivity contribution in [3.63, 3.8) is 0 Å². The molecule has 126 valence electrons. The van der Waals surface area contributed by atoms with Gasteiger partial charge in [0.2, 0.25) is 0 Å². The predicted octanol–water partition coefficient (Wildman–Crippen LogP) is 3.83. The monoisotopic (exact) mass is 594 g/mol. The van der Waals surface area contributed by atoms with E-state index in [1.54, 1.807) is 0 Å². The van der Waals surface area contributed by atoms with E-state index in [-0.39, 0.29) is 0 Å². The summed E-state index contributed by atoms with van der Waals surface area (Å²) in [7, 11) is 0. The molecule has 4 aromatic carbocycles. The van der Waals surface area contributed by atoms with E-state index in [1.807, 2.05) is 0 Å². The molecule has 0 radical (unpaired) electrons. The quantitative estimate of drug-likeness (QED) is 0.316. The third-order valence-corrected chi connectivity index (χ3v) is 24.1. The Balaban J connectivity index is 2.12. The van der Waals surface area contributed by atoms with E-state index in [2.05, 4.69) is 131 Å². The van der Waals surface area contributed by atoms with Crippen LogP contribution in [0.15, 0.2) is 120 Å². The molecule has 0 aliphatic heterocycles. The van der Waals surface area contributed by atoms with Crippen LogP contribution in [0.4, 0.5) is 0 Å². The molecule has 0 aliphatic carbocycles. The minimum absolute atomic E-state index is 1.12. The van der Waals surface area contributed by atoms with Gasteiger partial charge in [-0.3, -0.25) is 0 Å². The molecule has 0 amide bonds. The maximum atomic E-state index is 3.61. The van der Waals surface area contributed by atoms with Crippen LogP contribution in [-0.4, -0.2) is 21.2 Å². The summed E-state index contributed by atoms with van der Waals surface area (Å²) in [5, 5.41) is 0. The average Bonchev–Trinajstić information content (AvgIpc) is 2.72. The van der Waals surface area contributed by atoms with E-state index < -0.39 is 21.2 Å². The summed E-state index contributed by atoms with van der Waals surface area (Å²) < 4.78 is 7.06. The summed E-state index contributed by atoms with van der Waals surface area (Å²) in [4.78, 5) is 0. The molecule has 0 bridgehead atoms. The summed E-state index contributed by atoms with van der Waals surface area (Å²) >= 11 is 0.0697. The van der Waals surface area contributed by atoms with Crippen molar-refractivity contribution < 1.29 is 0 Å². The minimum atomic E-state index is -3.54. The molecule has 0 saturated carbocycles. The zero-order valence-electron chi connectivity index (χ0n) is 14.3. The molecule has 0 nitrogen and oxygen atoms in total. The van der Waals surface area contributed by atoms with Gasteiger partial charge in [0.15, 0.2) is 0 Å². The Kier molecular flexibility index (Phi) is 5.36. The first kappa shape index (κ1) is 17.7. The van der Waals surface area contributed by atoms with Crippen LogP contribution in [0.25, 0.3) is 0 Å². The van der Waals surface area contributed by atoms with Crippen LogP contribution in [0.1, 0.15) is 0 Å². The maximum absolute atomic E-state index is 3.61. The van der Waals surface area contributed by atoms with Gasteiger partial charge in [0, 0.05) is 0 Å². The van der Waals surface area contributed by atoms with Gasteiger partial charge in [-0.05, 0) is 0 Å². The van der Waals surface area contributed by atoms with Crippen molar-refractivity contribution in [2.75, 3.05) is 0 Å². The first-order valence-electron chi connectivity index (χ1n) is 8.74. The van der Waals surface area contributed by atoms with Gasteiger partial charge in [-0.25, -0.2) is 0 Å². The van der Waals surface area contributed by atoms with Crippen molar-refractivity contribution in [2.24, 2.45) is 0 Å². The van der Waals surface area contributed by atoms with Gasteiger partial charge in [0.25, 0.3) is 0 Å². The van der Waals surface area contributed by atoms with Gasteiger partial charge in [0.05, 0.1) is 0 Å². The fourth-order valence-electron chi connectivity index (χ4n) is 3.76. The second-order valence-corrected chi connectivity index (χ2v) is 22.1. The Bertz CT molecular complexity index is 868. The van der Waals surface area contributed by atoms with Crippen LogP contribution in [0.3, 0.4) is 0 Å². The number of halogens is 1. The molecular formula is C24H19BrPb. The van der Waals surface area contributed by atoms with Crippen molar-refractivity contribution in [2.45, 2.75) is 0 Å². The summed E-state index contributed by atoms with van der Waals surface area (Å²) in [6, 6.07) is 42.3. The second kappa shape index (κ2) is 7.89. The van der Waals surface area contributed by atoms with Crippen LogP contribution in [0.2, 0.25) is 0 Å². The normalized spacial score (nSPS) is 11.3. The van der Waals surface area contributed by atoms with Crippen LogP contribution < -0.4 is 12.5 Å². The van der Waals surface area contributed by atoms with Crippen LogP contribution in [-0.2, 0) is 0 Å². The van der Waals surface area contributed by atoms with Crippen molar-refractivity contribution in [1.82, 2.24) is 0 Å². The zero-order chi connectivity index (χ0) is 17.8. The number of benzene rings is 4. The van der Waals surface area contributed by atoms with Crippen LogP contribution in [0.5, 0.6) is 0 Å². The van der Waals surface area contributed by atoms with E-state index in [0.717, 1.165) is 4.47 Å². The van der Waals surface area contributed by atoms with Crippen molar-refractivity contribution >= 4 is 49.6 Å². The van der Waals surface area contributed by atoms with E-state index in [0.29, 0.717) is 0 Å². The third-order valence-electron chi connectivity index (χ3n) is 4.90. The summed E-state index contributed by atoms with van der Waals surface area (Å²) in [6.07, 6.45) is 0. The Morgan fingerprint density at radius 2 is 0.692 bits per heavy atom. The predicted molar refractivity (Wildman–Crippen MR) is 118 cm³/mol. The van der Waals surface area contributed by atoms with Crippen molar-refractivity contribution in [3.05, 3.63) is 120 Å². The first-order chi connectivity index (χ1) is 12.8. The Morgan fingerprint density at radius 1 is 0.385 bits per heavy atom. The molecule has 0 saturated heterocycles. The first-order valence-corrected chi connectivity index (χ1v) is 17.3. The van der Waals surface area contributed by atoms with Crippen LogP contribution >= 0.6 is 15.9 Å². The van der Waals surface area contributed by atoms with E-state index in [1.165, 1.54) is 12.5 Å². The van der Waals surface area contributed by atoms with E-state index in [9.17, 15) is 0 Å². The van der Waals surface area contributed by atoms with Gasteiger partial charge in [-0.2, -0.15) is 0 Å². The topological polar surface area (TPSA) is 0 Å². The Morgan fingerprint density at radius 3 is 1.04 bits per heavy atom. The van der Waals surface area contributed by atoms with Gasteiger partial charge in [0.1, 0.15) is 0 Å². The Labute approximate surface area is 168 Å². The molecule has 0 N–H and O–H groups in total. The summed E-state index contributed by atoms with van der Waals surface area (Å²) in [6.45, 7) is 0. The van der Waals surface area contributed by atoms with E-state index in [4.69, 9.17) is 0 Å². The molecule has 26 heavy (non-hydrogen) atoms. The fraction of sp³-hybridized carbons (Fsp3) is 0. The second-order valence-electron chi connectivity index (χ2n) is 6.35. The van der Waals surface area contributed by atoms with Crippen molar-refractivity contribution in [1.29, 1.82) is 0 Å². The third kappa shape index (κ3) is 3.19. The Hall–Kier alpha value is -1.72. The summed E-state index contributed by atoms with van der Waals surface area (Å²) in [5.41, 5.74) is 0. The van der Waals surface area contributed by atoms with Crippen LogP contribution in [0, 0.1) is 0 Å². The molecule has 0 aliphatic rings. The van der Waals surface area contributed by atoms with Gasteiger partial charge in [-0.15, -0.1) is 0 Å². The molecule has 0 aromatic heterocycles. The molecule has 4 aromatic rings. The van der Waals surface area contributed by atoms with Crippen molar-refractivity contribution in [3.8, 4) is 0 Å². The molecule has 0 fully saturated rings. The standard InChI is InChI=1S/C6H4Br.3C6H5.Pb/c7-6-4-2-1-3-5-6;3*1-2-4-6-5-3-1;/h2-5H;3*1-5H;. The molecule has 4 rings (SSSR count). The van der Waals surface area contributed by atoms with Gasteiger partial charge in [-0.1, -0.05) is 0 Å². The molecule has 0 spiro atoms. The molecule has 2 heteroatoms. The van der Waals surface area contributed by atoms with Gasteiger partial charge < -0.3 is 0 Å². The molecule has 0 heterocycles. The van der Waals surface area contributed by atoms with E-state index >= 15 is 0 Å². The molecular weight excluding hydrogens is 575 g/mol. The average molecular weight is 595 g/mol. The summed E-state index contributed by atoms with van der Waals surface area (Å²) in [5.74, 6) is 0. The number of hydrogen-bond donors (Lipinski definition) is 0. The SMILES string of the molecule is Brc1cc[c]([Pb]([c]2ccccc2)([c]2ccccc2)[c]2ccccc2)cc1.